The van der Waals surface area contributed by atoms with Crippen LogP contribution >= 0.6 is 11.6 Å². The fourth-order valence-electron chi connectivity index (χ4n) is 1.65. The van der Waals surface area contributed by atoms with Crippen LogP contribution in [0.4, 0.5) is 5.69 Å². The normalized spacial score (nSPS) is 12.3. The van der Waals surface area contributed by atoms with Crippen molar-refractivity contribution in [2.75, 3.05) is 5.73 Å². The van der Waals surface area contributed by atoms with E-state index in [9.17, 15) is 0 Å². The van der Waals surface area contributed by atoms with Crippen LogP contribution in [0.2, 0.25) is 5.15 Å². The highest BCUT2D eigenvalue weighted by atomic mass is 35.5. The SMILES string of the molecule is CC(C)(C)c1nc(Cl)c2c(N)cccn12. The summed E-state index contributed by atoms with van der Waals surface area (Å²) in [5.41, 5.74) is 7.27. The van der Waals surface area contributed by atoms with Gasteiger partial charge in [0.15, 0.2) is 5.15 Å². The molecule has 0 aliphatic carbocycles. The summed E-state index contributed by atoms with van der Waals surface area (Å²) in [6.45, 7) is 6.30. The molecule has 2 aromatic rings. The summed E-state index contributed by atoms with van der Waals surface area (Å²) in [6.07, 6.45) is 1.94. The van der Waals surface area contributed by atoms with Crippen molar-refractivity contribution in [3.05, 3.63) is 29.3 Å². The lowest BCUT2D eigenvalue weighted by atomic mass is 9.96. The van der Waals surface area contributed by atoms with Gasteiger partial charge in [0.25, 0.3) is 0 Å². The van der Waals surface area contributed by atoms with E-state index < -0.39 is 0 Å². The van der Waals surface area contributed by atoms with Crippen LogP contribution in [-0.4, -0.2) is 9.38 Å². The number of fused-ring (bicyclic) bond motifs is 1. The summed E-state index contributed by atoms with van der Waals surface area (Å²) >= 11 is 6.08. The summed E-state index contributed by atoms with van der Waals surface area (Å²) in [7, 11) is 0. The van der Waals surface area contributed by atoms with E-state index in [0.717, 1.165) is 11.3 Å². The summed E-state index contributed by atoms with van der Waals surface area (Å²) < 4.78 is 1.96. The maximum Gasteiger partial charge on any atom is 0.157 e. The molecule has 0 amide bonds. The second kappa shape index (κ2) is 3.14. The van der Waals surface area contributed by atoms with Crippen LogP contribution in [0.15, 0.2) is 18.3 Å². The number of halogens is 1. The van der Waals surface area contributed by atoms with Gasteiger partial charge in [-0.05, 0) is 12.1 Å². The number of rotatable bonds is 0. The zero-order valence-corrected chi connectivity index (χ0v) is 9.84. The molecule has 3 nitrogen and oxygen atoms in total. The van der Waals surface area contributed by atoms with Gasteiger partial charge in [-0.3, -0.25) is 0 Å². The Labute approximate surface area is 93.9 Å². The Morgan fingerprint density at radius 2 is 2.07 bits per heavy atom. The van der Waals surface area contributed by atoms with E-state index in [1.54, 1.807) is 0 Å². The minimum absolute atomic E-state index is 0.0517. The molecule has 0 radical (unpaired) electrons. The standard InChI is InChI=1S/C11H14ClN3/c1-11(2,3)10-14-9(12)8-7(13)5-4-6-15(8)10/h4-6H,13H2,1-3H3. The topological polar surface area (TPSA) is 43.3 Å². The Kier molecular flexibility index (Phi) is 2.15. The van der Waals surface area contributed by atoms with Crippen LogP contribution in [0, 0.1) is 0 Å². The van der Waals surface area contributed by atoms with Gasteiger partial charge in [0, 0.05) is 11.6 Å². The highest BCUT2D eigenvalue weighted by Crippen LogP contribution is 2.29. The van der Waals surface area contributed by atoms with E-state index in [0.29, 0.717) is 10.8 Å². The molecule has 0 bridgehead atoms. The fourth-order valence-corrected chi connectivity index (χ4v) is 1.93. The molecule has 2 N–H and O–H groups in total. The second-order valence-electron chi connectivity index (χ2n) is 4.66. The van der Waals surface area contributed by atoms with Crippen LogP contribution in [0.1, 0.15) is 26.6 Å². The third-order valence-electron chi connectivity index (χ3n) is 2.32. The van der Waals surface area contributed by atoms with Gasteiger partial charge in [0.1, 0.15) is 11.3 Å². The van der Waals surface area contributed by atoms with E-state index in [-0.39, 0.29) is 5.41 Å². The van der Waals surface area contributed by atoms with Crippen LogP contribution < -0.4 is 5.73 Å². The van der Waals surface area contributed by atoms with Gasteiger partial charge in [0.05, 0.1) is 5.69 Å². The number of nitrogen functional groups attached to an aromatic ring is 1. The largest absolute Gasteiger partial charge is 0.397 e. The molecule has 2 rings (SSSR count). The third-order valence-corrected chi connectivity index (χ3v) is 2.59. The van der Waals surface area contributed by atoms with Crippen molar-refractivity contribution in [3.63, 3.8) is 0 Å². The predicted molar refractivity (Wildman–Crippen MR) is 63.3 cm³/mol. The number of nitrogens with two attached hydrogens (primary N) is 1. The Hall–Kier alpha value is -1.22. The number of hydrogen-bond acceptors (Lipinski definition) is 2. The molecular formula is C11H14ClN3. The van der Waals surface area contributed by atoms with Crippen LogP contribution in [0.5, 0.6) is 0 Å². The molecule has 0 aliphatic rings. The summed E-state index contributed by atoms with van der Waals surface area (Å²) in [5.74, 6) is 0.926. The van der Waals surface area contributed by atoms with E-state index in [2.05, 4.69) is 25.8 Å². The van der Waals surface area contributed by atoms with E-state index in [1.165, 1.54) is 0 Å². The Bertz CT molecular complexity index is 508. The molecule has 0 saturated carbocycles. The first-order valence-electron chi connectivity index (χ1n) is 4.84. The predicted octanol–water partition coefficient (Wildman–Crippen LogP) is 2.87. The van der Waals surface area contributed by atoms with Gasteiger partial charge >= 0.3 is 0 Å². The highest BCUT2D eigenvalue weighted by Gasteiger charge is 2.22. The third kappa shape index (κ3) is 1.57. The van der Waals surface area contributed by atoms with Gasteiger partial charge < -0.3 is 10.1 Å². The quantitative estimate of drug-likeness (QED) is 0.747. The van der Waals surface area contributed by atoms with Crippen molar-refractivity contribution in [1.29, 1.82) is 0 Å². The number of pyridine rings is 1. The first-order valence-corrected chi connectivity index (χ1v) is 5.21. The molecule has 0 aromatic carbocycles. The van der Waals surface area contributed by atoms with Crippen LogP contribution in [0.25, 0.3) is 5.52 Å². The number of hydrogen-bond donors (Lipinski definition) is 1. The van der Waals surface area contributed by atoms with Crippen molar-refractivity contribution in [2.45, 2.75) is 26.2 Å². The zero-order chi connectivity index (χ0) is 11.2. The second-order valence-corrected chi connectivity index (χ2v) is 5.02. The lowest BCUT2D eigenvalue weighted by Crippen LogP contribution is -2.15. The Balaban J connectivity index is 2.85. The van der Waals surface area contributed by atoms with Crippen molar-refractivity contribution in [2.24, 2.45) is 0 Å². The van der Waals surface area contributed by atoms with Crippen molar-refractivity contribution < 1.29 is 0 Å². The van der Waals surface area contributed by atoms with Crippen molar-refractivity contribution in [3.8, 4) is 0 Å². The maximum absolute atomic E-state index is 6.08. The number of aromatic nitrogens is 2. The smallest absolute Gasteiger partial charge is 0.157 e. The molecule has 0 atom stereocenters. The molecule has 0 saturated heterocycles. The highest BCUT2D eigenvalue weighted by molar-refractivity contribution is 6.33. The van der Waals surface area contributed by atoms with Gasteiger partial charge in [-0.25, -0.2) is 4.98 Å². The average Bonchev–Trinajstić information content (AvgIpc) is 2.44. The monoisotopic (exact) mass is 223 g/mol. The van der Waals surface area contributed by atoms with Crippen molar-refractivity contribution in [1.82, 2.24) is 9.38 Å². The minimum atomic E-state index is -0.0517. The minimum Gasteiger partial charge on any atom is -0.397 e. The molecule has 2 heterocycles. The van der Waals surface area contributed by atoms with Gasteiger partial charge in [0.2, 0.25) is 0 Å². The molecule has 2 aromatic heterocycles. The lowest BCUT2D eigenvalue weighted by Gasteiger charge is -2.16. The van der Waals surface area contributed by atoms with Crippen molar-refractivity contribution >= 4 is 22.8 Å². The summed E-state index contributed by atoms with van der Waals surface area (Å²) in [5, 5.41) is 0.470. The van der Waals surface area contributed by atoms with E-state index in [4.69, 9.17) is 17.3 Å². The molecule has 0 aliphatic heterocycles. The Morgan fingerprint density at radius 1 is 1.40 bits per heavy atom. The van der Waals surface area contributed by atoms with E-state index in [1.807, 2.05) is 22.7 Å². The number of anilines is 1. The first-order chi connectivity index (χ1) is 6.91. The molecule has 0 fully saturated rings. The summed E-state index contributed by atoms with van der Waals surface area (Å²) in [4.78, 5) is 4.37. The Morgan fingerprint density at radius 3 is 2.67 bits per heavy atom. The first kappa shape index (κ1) is 10.3. The average molecular weight is 224 g/mol. The van der Waals surface area contributed by atoms with Gasteiger partial charge in [-0.15, -0.1) is 0 Å². The van der Waals surface area contributed by atoms with Crippen LogP contribution in [0.3, 0.4) is 0 Å². The van der Waals surface area contributed by atoms with Gasteiger partial charge in [-0.1, -0.05) is 32.4 Å². The molecular weight excluding hydrogens is 210 g/mol. The molecule has 4 heteroatoms. The maximum atomic E-state index is 6.08. The summed E-state index contributed by atoms with van der Waals surface area (Å²) in [6, 6.07) is 3.73. The molecule has 80 valence electrons. The van der Waals surface area contributed by atoms with E-state index >= 15 is 0 Å². The zero-order valence-electron chi connectivity index (χ0n) is 9.08. The fraction of sp³-hybridized carbons (Fsp3) is 0.364. The van der Waals surface area contributed by atoms with Crippen LogP contribution in [-0.2, 0) is 5.41 Å². The molecule has 0 spiro atoms. The lowest BCUT2D eigenvalue weighted by molar-refractivity contribution is 0.543. The molecule has 15 heavy (non-hydrogen) atoms. The molecule has 0 unspecified atom stereocenters. The number of nitrogens with zero attached hydrogens (tertiary/aromatic N) is 2. The van der Waals surface area contributed by atoms with Gasteiger partial charge in [-0.2, -0.15) is 0 Å². The number of imidazole rings is 1.